The minimum Gasteiger partial charge on any atom is -0.486 e. The monoisotopic (exact) mass is 458 g/mol. The SMILES string of the molecule is O=C(CSc1nnc(-c2ccccc2)n1-c1ccccc1)NC[C@H]1COc2ccccc2O1. The van der Waals surface area contributed by atoms with Crippen LogP contribution in [0.4, 0.5) is 0 Å². The van der Waals surface area contributed by atoms with Crippen LogP contribution in [0.5, 0.6) is 11.5 Å². The minimum atomic E-state index is -0.230. The molecule has 1 aliphatic rings. The fourth-order valence-electron chi connectivity index (χ4n) is 3.52. The number of amides is 1. The van der Waals surface area contributed by atoms with Gasteiger partial charge in [-0.25, -0.2) is 0 Å². The van der Waals surface area contributed by atoms with Crippen LogP contribution in [0.1, 0.15) is 0 Å². The molecule has 8 heteroatoms. The van der Waals surface area contributed by atoms with E-state index >= 15 is 0 Å². The molecule has 1 atom stereocenters. The lowest BCUT2D eigenvalue weighted by molar-refractivity contribution is -0.119. The number of carbonyl (C=O) groups excluding carboxylic acids is 1. The first-order valence-electron chi connectivity index (χ1n) is 10.6. The zero-order valence-electron chi connectivity index (χ0n) is 17.8. The van der Waals surface area contributed by atoms with E-state index in [0.29, 0.717) is 24.1 Å². The molecule has 4 aromatic rings. The van der Waals surface area contributed by atoms with Gasteiger partial charge in [-0.05, 0) is 24.3 Å². The summed E-state index contributed by atoms with van der Waals surface area (Å²) in [6.07, 6.45) is -0.230. The molecule has 1 amide bonds. The summed E-state index contributed by atoms with van der Waals surface area (Å²) in [5, 5.41) is 12.4. The number of ether oxygens (including phenoxy) is 2. The molecule has 7 nitrogen and oxygen atoms in total. The second-order valence-corrected chi connectivity index (χ2v) is 8.38. The van der Waals surface area contributed by atoms with Crippen molar-refractivity contribution >= 4 is 17.7 Å². The van der Waals surface area contributed by atoms with E-state index in [1.165, 1.54) is 11.8 Å². The smallest absolute Gasteiger partial charge is 0.230 e. The van der Waals surface area contributed by atoms with Crippen LogP contribution in [-0.4, -0.2) is 45.7 Å². The average Bonchev–Trinajstić information content (AvgIpc) is 3.31. The molecule has 3 aromatic carbocycles. The van der Waals surface area contributed by atoms with Gasteiger partial charge in [0, 0.05) is 11.3 Å². The van der Waals surface area contributed by atoms with Gasteiger partial charge < -0.3 is 14.8 Å². The fraction of sp³-hybridized carbons (Fsp3) is 0.160. The van der Waals surface area contributed by atoms with Crippen molar-refractivity contribution in [2.45, 2.75) is 11.3 Å². The molecule has 0 fully saturated rings. The summed E-state index contributed by atoms with van der Waals surface area (Å²) in [5.41, 5.74) is 1.90. The van der Waals surface area contributed by atoms with Crippen LogP contribution in [0, 0.1) is 0 Å². The number of benzene rings is 3. The molecule has 5 rings (SSSR count). The van der Waals surface area contributed by atoms with Gasteiger partial charge in [-0.2, -0.15) is 0 Å². The second-order valence-electron chi connectivity index (χ2n) is 7.43. The highest BCUT2D eigenvalue weighted by Gasteiger charge is 2.22. The lowest BCUT2D eigenvalue weighted by atomic mass is 10.2. The van der Waals surface area contributed by atoms with Crippen LogP contribution in [0.3, 0.4) is 0 Å². The number of hydrogen-bond donors (Lipinski definition) is 1. The summed E-state index contributed by atoms with van der Waals surface area (Å²) in [7, 11) is 0. The van der Waals surface area contributed by atoms with Gasteiger partial charge in [-0.15, -0.1) is 10.2 Å². The summed E-state index contributed by atoms with van der Waals surface area (Å²) in [4.78, 5) is 12.5. The molecule has 0 unspecified atom stereocenters. The van der Waals surface area contributed by atoms with Crippen LogP contribution < -0.4 is 14.8 Å². The molecular weight excluding hydrogens is 436 g/mol. The average molecular weight is 459 g/mol. The standard InChI is InChI=1S/C25H22N4O3S/c30-23(26-15-20-16-31-21-13-7-8-14-22(21)32-20)17-33-25-28-27-24(18-9-3-1-4-10-18)29(25)19-11-5-2-6-12-19/h1-14,20H,15-17H2,(H,26,30)/t20-/m0/s1. The van der Waals surface area contributed by atoms with Gasteiger partial charge >= 0.3 is 0 Å². The number of nitrogens with zero attached hydrogens (tertiary/aromatic N) is 3. The summed E-state index contributed by atoms with van der Waals surface area (Å²) in [6, 6.07) is 27.3. The number of fused-ring (bicyclic) bond motifs is 1. The Hall–Kier alpha value is -3.78. The molecule has 2 heterocycles. The number of carbonyl (C=O) groups is 1. The molecule has 1 N–H and O–H groups in total. The second kappa shape index (κ2) is 9.79. The van der Waals surface area contributed by atoms with Crippen LogP contribution in [0.25, 0.3) is 17.1 Å². The first-order valence-corrected chi connectivity index (χ1v) is 11.6. The van der Waals surface area contributed by atoms with Crippen LogP contribution >= 0.6 is 11.8 Å². The lowest BCUT2D eigenvalue weighted by Crippen LogP contribution is -2.41. The first kappa shape index (κ1) is 21.1. The molecule has 33 heavy (non-hydrogen) atoms. The van der Waals surface area contributed by atoms with Crippen LogP contribution in [0.2, 0.25) is 0 Å². The van der Waals surface area contributed by atoms with Crippen molar-refractivity contribution in [2.75, 3.05) is 18.9 Å². The van der Waals surface area contributed by atoms with Crippen molar-refractivity contribution < 1.29 is 14.3 Å². The van der Waals surface area contributed by atoms with E-state index in [-0.39, 0.29) is 17.8 Å². The van der Waals surface area contributed by atoms with E-state index in [9.17, 15) is 4.79 Å². The van der Waals surface area contributed by atoms with E-state index < -0.39 is 0 Å². The van der Waals surface area contributed by atoms with Crippen molar-refractivity contribution in [3.05, 3.63) is 84.9 Å². The zero-order valence-corrected chi connectivity index (χ0v) is 18.6. The zero-order chi connectivity index (χ0) is 22.5. The van der Waals surface area contributed by atoms with Gasteiger partial charge in [0.2, 0.25) is 5.91 Å². The van der Waals surface area contributed by atoms with Crippen molar-refractivity contribution in [2.24, 2.45) is 0 Å². The third kappa shape index (κ3) is 4.85. The van der Waals surface area contributed by atoms with Gasteiger partial charge in [-0.1, -0.05) is 72.4 Å². The molecule has 0 bridgehead atoms. The molecule has 0 saturated heterocycles. The Labute approximate surface area is 195 Å². The Morgan fingerprint density at radius 2 is 1.64 bits per heavy atom. The van der Waals surface area contributed by atoms with Crippen molar-refractivity contribution in [3.63, 3.8) is 0 Å². The Kier molecular flexibility index (Phi) is 6.25. The van der Waals surface area contributed by atoms with Gasteiger partial charge in [0.05, 0.1) is 12.3 Å². The minimum absolute atomic E-state index is 0.105. The Morgan fingerprint density at radius 3 is 2.42 bits per heavy atom. The van der Waals surface area contributed by atoms with Crippen molar-refractivity contribution in [1.29, 1.82) is 0 Å². The molecule has 1 aromatic heterocycles. The molecule has 0 saturated carbocycles. The van der Waals surface area contributed by atoms with Crippen LogP contribution in [0.15, 0.2) is 90.1 Å². The van der Waals surface area contributed by atoms with Crippen molar-refractivity contribution in [3.8, 4) is 28.6 Å². The lowest BCUT2D eigenvalue weighted by Gasteiger charge is -2.26. The molecule has 0 aliphatic carbocycles. The Bertz CT molecular complexity index is 1230. The molecule has 0 spiro atoms. The number of hydrogen-bond acceptors (Lipinski definition) is 6. The molecular formula is C25H22N4O3S. The highest BCUT2D eigenvalue weighted by molar-refractivity contribution is 7.99. The van der Waals surface area contributed by atoms with E-state index in [2.05, 4.69) is 15.5 Å². The number of para-hydroxylation sites is 3. The number of thioether (sulfide) groups is 1. The van der Waals surface area contributed by atoms with E-state index in [0.717, 1.165) is 22.8 Å². The third-order valence-corrected chi connectivity index (χ3v) is 6.04. The van der Waals surface area contributed by atoms with Gasteiger partial charge in [0.25, 0.3) is 0 Å². The predicted molar refractivity (Wildman–Crippen MR) is 127 cm³/mol. The number of nitrogens with one attached hydrogen (secondary N) is 1. The summed E-state index contributed by atoms with van der Waals surface area (Å²) in [6.45, 7) is 0.765. The van der Waals surface area contributed by atoms with Gasteiger partial charge in [-0.3, -0.25) is 9.36 Å². The Balaban J connectivity index is 1.24. The van der Waals surface area contributed by atoms with Crippen LogP contribution in [-0.2, 0) is 4.79 Å². The Morgan fingerprint density at radius 1 is 0.939 bits per heavy atom. The quantitative estimate of drug-likeness (QED) is 0.422. The van der Waals surface area contributed by atoms with E-state index in [1.807, 2.05) is 89.5 Å². The van der Waals surface area contributed by atoms with Gasteiger partial charge in [0.1, 0.15) is 12.7 Å². The maximum atomic E-state index is 12.5. The molecule has 0 radical (unpaired) electrons. The summed E-state index contributed by atoms with van der Waals surface area (Å²) in [5.74, 6) is 2.26. The highest BCUT2D eigenvalue weighted by atomic mass is 32.2. The van der Waals surface area contributed by atoms with Gasteiger partial charge in [0.15, 0.2) is 22.5 Å². The first-order chi connectivity index (χ1) is 16.3. The molecule has 166 valence electrons. The predicted octanol–water partition coefficient (Wildman–Crippen LogP) is 3.98. The normalized spacial score (nSPS) is 14.6. The number of rotatable bonds is 7. The van der Waals surface area contributed by atoms with E-state index in [1.54, 1.807) is 0 Å². The summed E-state index contributed by atoms with van der Waals surface area (Å²) >= 11 is 1.35. The molecule has 1 aliphatic heterocycles. The van der Waals surface area contributed by atoms with Crippen molar-refractivity contribution in [1.82, 2.24) is 20.1 Å². The largest absolute Gasteiger partial charge is 0.486 e. The maximum Gasteiger partial charge on any atom is 0.230 e. The van der Waals surface area contributed by atoms with E-state index in [4.69, 9.17) is 9.47 Å². The number of aromatic nitrogens is 3. The topological polar surface area (TPSA) is 78.3 Å². The summed E-state index contributed by atoms with van der Waals surface area (Å²) < 4.78 is 13.6. The fourth-order valence-corrected chi connectivity index (χ4v) is 4.30. The maximum absolute atomic E-state index is 12.5. The third-order valence-electron chi connectivity index (χ3n) is 5.11. The highest BCUT2D eigenvalue weighted by Crippen LogP contribution is 2.31.